The number of carbonyl (C=O) groups excluding carboxylic acids is 1. The fourth-order valence-electron chi connectivity index (χ4n) is 3.55. The second kappa shape index (κ2) is 15.4. The third kappa shape index (κ3) is 11.4. The number of quaternary nitrogens is 1. The second-order valence-electron chi connectivity index (χ2n) is 8.03. The molecule has 3 aromatic rings. The summed E-state index contributed by atoms with van der Waals surface area (Å²) in [6.45, 7) is 3.38. The molecule has 2 aromatic heterocycles. The minimum absolute atomic E-state index is 0.257. The van der Waals surface area contributed by atoms with Gasteiger partial charge in [-0.15, -0.1) is 0 Å². The van der Waals surface area contributed by atoms with Crippen LogP contribution in [-0.4, -0.2) is 39.6 Å². The Labute approximate surface area is 210 Å². The monoisotopic (exact) mass is 495 g/mol. The Hall–Kier alpha value is -3.55. The summed E-state index contributed by atoms with van der Waals surface area (Å²) in [5.41, 5.74) is 3.54. The topological polar surface area (TPSA) is 120 Å². The van der Waals surface area contributed by atoms with Crippen LogP contribution in [-0.2, 0) is 16.0 Å². The van der Waals surface area contributed by atoms with Crippen molar-refractivity contribution in [3.63, 3.8) is 0 Å². The summed E-state index contributed by atoms with van der Waals surface area (Å²) in [6, 6.07) is 21.0. The van der Waals surface area contributed by atoms with Gasteiger partial charge in [0.2, 0.25) is 0 Å². The van der Waals surface area contributed by atoms with Crippen LogP contribution in [0, 0.1) is 0 Å². The van der Waals surface area contributed by atoms with E-state index in [0.717, 1.165) is 42.2 Å². The van der Waals surface area contributed by atoms with Gasteiger partial charge in [-0.1, -0.05) is 35.9 Å². The molecule has 0 saturated heterocycles. The molecule has 0 aliphatic rings. The van der Waals surface area contributed by atoms with Gasteiger partial charge in [0.25, 0.3) is 0 Å². The first-order valence-electron chi connectivity index (χ1n) is 11.4. The van der Waals surface area contributed by atoms with Gasteiger partial charge in [-0.2, -0.15) is 0 Å². The molecule has 1 atom stereocenters. The van der Waals surface area contributed by atoms with Gasteiger partial charge in [0.15, 0.2) is 0 Å². The summed E-state index contributed by atoms with van der Waals surface area (Å²) < 4.78 is 0. The highest BCUT2D eigenvalue weighted by Crippen LogP contribution is 2.25. The lowest BCUT2D eigenvalue weighted by atomic mass is 9.94. The molecule has 35 heavy (non-hydrogen) atoms. The maximum atomic E-state index is 9.53. The zero-order chi connectivity index (χ0) is 25.5. The number of aliphatic carboxylic acids is 2. The number of aromatic nitrogens is 2. The third-order valence-corrected chi connectivity index (χ3v) is 5.44. The van der Waals surface area contributed by atoms with Gasteiger partial charge in [0, 0.05) is 47.2 Å². The number of hydrogen-bond acceptors (Lipinski definition) is 5. The molecule has 0 saturated carbocycles. The van der Waals surface area contributed by atoms with E-state index in [0.29, 0.717) is 18.2 Å². The Bertz CT molecular complexity index is 1010. The highest BCUT2D eigenvalue weighted by Gasteiger charge is 2.17. The van der Waals surface area contributed by atoms with E-state index in [-0.39, 0.29) is 5.92 Å². The Balaban J connectivity index is 0.000000466. The summed E-state index contributed by atoms with van der Waals surface area (Å²) >= 11 is 5.96. The number of halogens is 1. The number of rotatable bonds is 11. The smallest absolute Gasteiger partial charge is 0.328 e. The van der Waals surface area contributed by atoms with Crippen molar-refractivity contribution in [2.24, 2.45) is 0 Å². The van der Waals surface area contributed by atoms with Gasteiger partial charge in [-0.3, -0.25) is 9.97 Å². The van der Waals surface area contributed by atoms with Gasteiger partial charge in [0.1, 0.15) is 0 Å². The predicted octanol–water partition coefficient (Wildman–Crippen LogP) is 2.61. The zero-order valence-electron chi connectivity index (χ0n) is 19.6. The van der Waals surface area contributed by atoms with Crippen molar-refractivity contribution < 1.29 is 25.1 Å². The number of nitrogens with two attached hydrogens (primary N) is 1. The van der Waals surface area contributed by atoms with E-state index in [1.165, 1.54) is 5.56 Å². The molecule has 0 fully saturated rings. The van der Waals surface area contributed by atoms with Crippen LogP contribution in [0.4, 0.5) is 0 Å². The van der Waals surface area contributed by atoms with Crippen molar-refractivity contribution >= 4 is 23.5 Å². The summed E-state index contributed by atoms with van der Waals surface area (Å²) in [6.07, 6.45) is 7.91. The van der Waals surface area contributed by atoms with E-state index in [2.05, 4.69) is 58.6 Å². The van der Waals surface area contributed by atoms with Crippen LogP contribution in [0.3, 0.4) is 0 Å². The molecule has 1 aromatic carbocycles. The van der Waals surface area contributed by atoms with Crippen LogP contribution in [0.25, 0.3) is 0 Å². The van der Waals surface area contributed by atoms with Gasteiger partial charge in [0.05, 0.1) is 18.6 Å². The number of nitrogens with zero attached hydrogens (tertiary/aromatic N) is 2. The van der Waals surface area contributed by atoms with E-state index in [1.54, 1.807) is 0 Å². The molecule has 1 unspecified atom stereocenters. The number of hydrogen-bond donors (Lipinski definition) is 2. The molecule has 0 aliphatic carbocycles. The number of benzene rings is 1. The average Bonchev–Trinajstić information content (AvgIpc) is 2.86. The first kappa shape index (κ1) is 27.7. The Kier molecular flexibility index (Phi) is 12.2. The van der Waals surface area contributed by atoms with Crippen LogP contribution in [0.5, 0.6) is 0 Å². The Morgan fingerprint density at radius 1 is 1.00 bits per heavy atom. The van der Waals surface area contributed by atoms with Crippen molar-refractivity contribution in [3.8, 4) is 0 Å². The molecule has 3 N–H and O–H groups in total. The highest BCUT2D eigenvalue weighted by molar-refractivity contribution is 6.30. The third-order valence-electron chi connectivity index (χ3n) is 5.19. The van der Waals surface area contributed by atoms with Crippen LogP contribution >= 0.6 is 11.6 Å². The molecule has 7 nitrogen and oxygen atoms in total. The number of carboxylic acids is 2. The lowest BCUT2D eigenvalue weighted by molar-refractivity contribution is -0.686. The summed E-state index contributed by atoms with van der Waals surface area (Å²) in [7, 11) is 0. The van der Waals surface area contributed by atoms with Gasteiger partial charge < -0.3 is 20.3 Å². The van der Waals surface area contributed by atoms with E-state index in [1.807, 2.05) is 36.7 Å². The fraction of sp³-hybridized carbons (Fsp3) is 0.259. The van der Waals surface area contributed by atoms with Gasteiger partial charge in [-0.25, -0.2) is 4.79 Å². The van der Waals surface area contributed by atoms with Gasteiger partial charge >= 0.3 is 5.97 Å². The minimum atomic E-state index is -1.51. The van der Waals surface area contributed by atoms with E-state index < -0.39 is 11.9 Å². The van der Waals surface area contributed by atoms with Crippen LogP contribution in [0.1, 0.15) is 42.6 Å². The Morgan fingerprint density at radius 3 is 2.06 bits per heavy atom. The lowest BCUT2D eigenvalue weighted by Gasteiger charge is -2.16. The van der Waals surface area contributed by atoms with Crippen molar-refractivity contribution in [2.75, 3.05) is 6.54 Å². The normalized spacial score (nSPS) is 11.6. The molecule has 3 rings (SSSR count). The first-order valence-corrected chi connectivity index (χ1v) is 11.7. The zero-order valence-corrected chi connectivity index (χ0v) is 20.3. The van der Waals surface area contributed by atoms with Crippen molar-refractivity contribution in [3.05, 3.63) is 107 Å². The SMILES string of the molecule is CC(Cc1ccc(Cl)cc1)[NH2+]CCCC(c1ccccn1)c1ccccn1.O=C([O-])/C=C/C(=O)O. The molecule has 8 heteroatoms. The minimum Gasteiger partial charge on any atom is -0.545 e. The quantitative estimate of drug-likeness (QED) is 0.311. The molecule has 0 amide bonds. The van der Waals surface area contributed by atoms with Gasteiger partial charge in [-0.05, 0) is 67.8 Å². The second-order valence-corrected chi connectivity index (χ2v) is 8.46. The predicted molar refractivity (Wildman–Crippen MR) is 133 cm³/mol. The summed E-state index contributed by atoms with van der Waals surface area (Å²) in [5.74, 6) is -2.55. The standard InChI is InChI=1S/C23H26ClN3.C4H4O4/c1-18(17-19-10-12-20(24)13-11-19)25-16-6-7-21(22-8-2-4-14-26-22)23-9-3-5-15-27-23;5-3(6)1-2-4(7)8/h2-5,8-15,18,21,25H,6-7,16-17H2,1H3;1-2H,(H,5,6)(H,7,8)/b;2-1+. The molecule has 0 aliphatic heterocycles. The summed E-state index contributed by atoms with van der Waals surface area (Å²) in [5, 5.41) is 20.5. The molecule has 0 spiro atoms. The lowest BCUT2D eigenvalue weighted by Crippen LogP contribution is -2.89. The van der Waals surface area contributed by atoms with E-state index in [9.17, 15) is 14.7 Å². The van der Waals surface area contributed by atoms with Crippen molar-refractivity contribution in [2.45, 2.75) is 38.1 Å². The van der Waals surface area contributed by atoms with Crippen LogP contribution in [0.15, 0.2) is 85.2 Å². The Morgan fingerprint density at radius 2 is 1.60 bits per heavy atom. The summed E-state index contributed by atoms with van der Waals surface area (Å²) in [4.78, 5) is 28.1. The first-order chi connectivity index (χ1) is 16.8. The number of carboxylic acid groups (broad SMARTS) is 2. The highest BCUT2D eigenvalue weighted by atomic mass is 35.5. The van der Waals surface area contributed by atoms with Crippen LogP contribution < -0.4 is 10.4 Å². The van der Waals surface area contributed by atoms with E-state index in [4.69, 9.17) is 16.7 Å². The fourth-order valence-corrected chi connectivity index (χ4v) is 3.68. The van der Waals surface area contributed by atoms with Crippen LogP contribution in [0.2, 0.25) is 5.02 Å². The molecular weight excluding hydrogens is 466 g/mol. The number of pyridine rings is 2. The number of carbonyl (C=O) groups is 2. The largest absolute Gasteiger partial charge is 0.545 e. The van der Waals surface area contributed by atoms with E-state index >= 15 is 0 Å². The molecule has 184 valence electrons. The van der Waals surface area contributed by atoms with Crippen molar-refractivity contribution in [1.29, 1.82) is 0 Å². The molecular formula is C27H30ClN3O4. The maximum Gasteiger partial charge on any atom is 0.328 e. The van der Waals surface area contributed by atoms with Crippen molar-refractivity contribution in [1.82, 2.24) is 9.97 Å². The molecule has 0 radical (unpaired) electrons. The molecule has 0 bridgehead atoms. The molecule has 2 heterocycles. The maximum absolute atomic E-state index is 9.53. The average molecular weight is 496 g/mol.